The number of ether oxygens (including phenoxy) is 1. The number of amides is 1. The predicted octanol–water partition coefficient (Wildman–Crippen LogP) is 4.80. The molecule has 1 saturated carbocycles. The number of benzene rings is 1. The predicted molar refractivity (Wildman–Crippen MR) is 143 cm³/mol. The van der Waals surface area contributed by atoms with Gasteiger partial charge in [-0.15, -0.1) is 11.3 Å². The molecule has 0 bridgehead atoms. The smallest absolute Gasteiger partial charge is 0.407 e. The standard InChI is InChI=1S/C25H32N6O4S2/c1-4-29-37(33,34)22-13-19(30-23-15-26-11-12-27-23)9-10-20(22)21-14-28-24(36-21)17-5-7-18(8-6-17)31-25(32)35-16(2)3/h9-18,29H,4-8H2,1-3H3,(H,27,30)(H,31,32)/t17-,18-. The Kier molecular flexibility index (Phi) is 8.72. The number of sulfonamides is 1. The highest BCUT2D eigenvalue weighted by atomic mass is 32.2. The van der Waals surface area contributed by atoms with Crippen molar-refractivity contribution in [3.63, 3.8) is 0 Å². The van der Waals surface area contributed by atoms with Gasteiger partial charge in [0.15, 0.2) is 0 Å². The fourth-order valence-electron chi connectivity index (χ4n) is 4.31. The average Bonchev–Trinajstić information content (AvgIpc) is 3.35. The van der Waals surface area contributed by atoms with E-state index < -0.39 is 10.0 Å². The highest BCUT2D eigenvalue weighted by Gasteiger charge is 2.27. The Labute approximate surface area is 221 Å². The number of thiazole rings is 1. The van der Waals surface area contributed by atoms with E-state index in [0.29, 0.717) is 17.1 Å². The van der Waals surface area contributed by atoms with Gasteiger partial charge in [-0.25, -0.2) is 27.9 Å². The molecule has 12 heteroatoms. The Balaban J connectivity index is 1.52. The summed E-state index contributed by atoms with van der Waals surface area (Å²) in [5.74, 6) is 0.786. The van der Waals surface area contributed by atoms with Crippen LogP contribution in [0.1, 0.15) is 57.4 Å². The van der Waals surface area contributed by atoms with Crippen LogP contribution in [0, 0.1) is 0 Å². The van der Waals surface area contributed by atoms with Crippen LogP contribution in [0.2, 0.25) is 0 Å². The second-order valence-electron chi connectivity index (χ2n) is 9.14. The van der Waals surface area contributed by atoms with Gasteiger partial charge in [0, 0.05) is 48.3 Å². The molecule has 3 aromatic rings. The summed E-state index contributed by atoms with van der Waals surface area (Å²) in [6.45, 7) is 5.68. The van der Waals surface area contributed by atoms with Gasteiger partial charge in [0.25, 0.3) is 0 Å². The Morgan fingerprint density at radius 2 is 1.92 bits per heavy atom. The summed E-state index contributed by atoms with van der Waals surface area (Å²) in [7, 11) is -3.75. The first-order valence-electron chi connectivity index (χ1n) is 12.3. The minimum Gasteiger partial charge on any atom is -0.447 e. The molecular weight excluding hydrogens is 512 g/mol. The third kappa shape index (κ3) is 7.02. The van der Waals surface area contributed by atoms with Crippen LogP contribution in [-0.2, 0) is 14.8 Å². The number of alkyl carbamates (subject to hydrolysis) is 1. The number of aromatic nitrogens is 3. The molecule has 0 saturated heterocycles. The molecule has 0 radical (unpaired) electrons. The van der Waals surface area contributed by atoms with E-state index in [4.69, 9.17) is 4.74 Å². The zero-order valence-electron chi connectivity index (χ0n) is 21.1. The minimum absolute atomic E-state index is 0.0909. The van der Waals surface area contributed by atoms with Gasteiger partial charge in [-0.05, 0) is 51.7 Å². The molecule has 10 nitrogen and oxygen atoms in total. The Bertz CT molecular complexity index is 1310. The second kappa shape index (κ2) is 12.0. The van der Waals surface area contributed by atoms with Crippen molar-refractivity contribution < 1.29 is 17.9 Å². The molecule has 2 aromatic heterocycles. The number of rotatable bonds is 9. The molecule has 3 N–H and O–H groups in total. The molecule has 2 heterocycles. The van der Waals surface area contributed by atoms with E-state index in [1.54, 1.807) is 43.8 Å². The van der Waals surface area contributed by atoms with Crippen molar-refractivity contribution in [3.05, 3.63) is 48.0 Å². The summed E-state index contributed by atoms with van der Waals surface area (Å²) in [6.07, 6.45) is 9.40. The highest BCUT2D eigenvalue weighted by Crippen LogP contribution is 2.40. The zero-order chi connectivity index (χ0) is 26.4. The molecule has 1 aliphatic carbocycles. The van der Waals surface area contributed by atoms with Crippen LogP contribution in [0.15, 0.2) is 47.9 Å². The molecule has 0 aliphatic heterocycles. The van der Waals surface area contributed by atoms with E-state index in [0.717, 1.165) is 35.6 Å². The zero-order valence-corrected chi connectivity index (χ0v) is 22.7. The number of hydrogen-bond acceptors (Lipinski definition) is 9. The third-order valence-corrected chi connectivity index (χ3v) is 8.75. The average molecular weight is 545 g/mol. The lowest BCUT2D eigenvalue weighted by molar-refractivity contribution is 0.109. The van der Waals surface area contributed by atoms with Crippen molar-refractivity contribution >= 4 is 39.0 Å². The molecule has 198 valence electrons. The Hall–Kier alpha value is -3.09. The topological polar surface area (TPSA) is 135 Å². The number of nitrogens with one attached hydrogen (secondary N) is 3. The maximum atomic E-state index is 13.1. The Morgan fingerprint density at radius 1 is 1.14 bits per heavy atom. The van der Waals surface area contributed by atoms with Crippen LogP contribution in [0.25, 0.3) is 10.4 Å². The summed E-state index contributed by atoms with van der Waals surface area (Å²) in [4.78, 5) is 25.8. The Morgan fingerprint density at radius 3 is 2.59 bits per heavy atom. The van der Waals surface area contributed by atoms with Crippen LogP contribution < -0.4 is 15.4 Å². The van der Waals surface area contributed by atoms with Crippen molar-refractivity contribution in [2.24, 2.45) is 0 Å². The van der Waals surface area contributed by atoms with Crippen LogP contribution in [0.4, 0.5) is 16.3 Å². The van der Waals surface area contributed by atoms with Crippen molar-refractivity contribution in [2.45, 2.75) is 69.4 Å². The van der Waals surface area contributed by atoms with Gasteiger partial charge >= 0.3 is 6.09 Å². The van der Waals surface area contributed by atoms with Crippen molar-refractivity contribution in [1.82, 2.24) is 25.0 Å². The lowest BCUT2D eigenvalue weighted by atomic mass is 9.86. The van der Waals surface area contributed by atoms with Crippen LogP contribution in [-0.4, -0.2) is 48.2 Å². The van der Waals surface area contributed by atoms with E-state index in [1.165, 1.54) is 11.3 Å². The largest absolute Gasteiger partial charge is 0.447 e. The van der Waals surface area contributed by atoms with E-state index in [-0.39, 0.29) is 35.6 Å². The van der Waals surface area contributed by atoms with Gasteiger partial charge in [0.2, 0.25) is 10.0 Å². The van der Waals surface area contributed by atoms with Crippen LogP contribution >= 0.6 is 11.3 Å². The molecule has 4 rings (SSSR count). The normalized spacial score (nSPS) is 17.9. The summed E-state index contributed by atoms with van der Waals surface area (Å²) in [5.41, 5.74) is 1.19. The number of carbonyl (C=O) groups is 1. The molecule has 1 aliphatic rings. The van der Waals surface area contributed by atoms with Crippen LogP contribution in [0.5, 0.6) is 0 Å². The SMILES string of the molecule is CCNS(=O)(=O)c1cc(Nc2cnccn2)ccc1-c1cnc([C@H]2CC[C@H](NC(=O)OC(C)C)CC2)s1. The van der Waals surface area contributed by atoms with Gasteiger partial charge in [-0.2, -0.15) is 0 Å². The first-order chi connectivity index (χ1) is 17.7. The van der Waals surface area contributed by atoms with Gasteiger partial charge in [-0.3, -0.25) is 4.98 Å². The fourth-order valence-corrected chi connectivity index (χ4v) is 6.78. The van der Waals surface area contributed by atoms with E-state index in [9.17, 15) is 13.2 Å². The molecular formula is C25H32N6O4S2. The molecule has 0 unspecified atom stereocenters. The molecule has 1 fully saturated rings. The number of hydrogen-bond donors (Lipinski definition) is 3. The number of nitrogens with zero attached hydrogens (tertiary/aromatic N) is 3. The fraction of sp³-hybridized carbons (Fsp3) is 0.440. The summed E-state index contributed by atoms with van der Waals surface area (Å²) in [5, 5.41) is 7.03. The molecule has 1 aromatic carbocycles. The van der Waals surface area contributed by atoms with E-state index in [1.807, 2.05) is 19.9 Å². The summed E-state index contributed by atoms with van der Waals surface area (Å²) in [6, 6.07) is 5.31. The molecule has 0 spiro atoms. The van der Waals surface area contributed by atoms with E-state index in [2.05, 4.69) is 30.3 Å². The minimum atomic E-state index is -3.75. The van der Waals surface area contributed by atoms with Crippen molar-refractivity contribution in [2.75, 3.05) is 11.9 Å². The summed E-state index contributed by atoms with van der Waals surface area (Å²) < 4.78 is 34.0. The summed E-state index contributed by atoms with van der Waals surface area (Å²) >= 11 is 1.52. The first kappa shape index (κ1) is 27.0. The quantitative estimate of drug-likeness (QED) is 0.350. The first-order valence-corrected chi connectivity index (χ1v) is 14.6. The van der Waals surface area contributed by atoms with Gasteiger partial charge in [0.05, 0.1) is 27.1 Å². The highest BCUT2D eigenvalue weighted by molar-refractivity contribution is 7.89. The number of carbonyl (C=O) groups excluding carboxylic acids is 1. The monoisotopic (exact) mass is 544 g/mol. The molecule has 0 atom stereocenters. The molecule has 1 amide bonds. The van der Waals surface area contributed by atoms with E-state index >= 15 is 0 Å². The molecule has 37 heavy (non-hydrogen) atoms. The van der Waals surface area contributed by atoms with Crippen molar-refractivity contribution in [1.29, 1.82) is 0 Å². The lowest BCUT2D eigenvalue weighted by Crippen LogP contribution is -2.38. The van der Waals surface area contributed by atoms with Gasteiger partial charge in [0.1, 0.15) is 5.82 Å². The van der Waals surface area contributed by atoms with Crippen LogP contribution in [0.3, 0.4) is 0 Å². The second-order valence-corrected chi connectivity index (χ2v) is 11.9. The number of anilines is 2. The maximum absolute atomic E-state index is 13.1. The maximum Gasteiger partial charge on any atom is 0.407 e. The van der Waals surface area contributed by atoms with Gasteiger partial charge < -0.3 is 15.4 Å². The third-order valence-electron chi connectivity index (χ3n) is 5.97. The van der Waals surface area contributed by atoms with Crippen molar-refractivity contribution in [3.8, 4) is 10.4 Å². The lowest BCUT2D eigenvalue weighted by Gasteiger charge is -2.28. The van der Waals surface area contributed by atoms with Gasteiger partial charge in [-0.1, -0.05) is 13.0 Å².